The van der Waals surface area contributed by atoms with Crippen molar-refractivity contribution < 1.29 is 4.74 Å². The molecule has 0 bridgehead atoms. The number of aryl methyl sites for hydroxylation is 1. The lowest BCUT2D eigenvalue weighted by Crippen LogP contribution is -2.18. The van der Waals surface area contributed by atoms with E-state index < -0.39 is 0 Å². The van der Waals surface area contributed by atoms with Gasteiger partial charge in [0.1, 0.15) is 0 Å². The summed E-state index contributed by atoms with van der Waals surface area (Å²) in [6.45, 7) is 4.66. The Morgan fingerprint density at radius 3 is 3.00 bits per heavy atom. The van der Waals surface area contributed by atoms with Crippen molar-refractivity contribution in [2.24, 2.45) is 0 Å². The zero-order valence-electron chi connectivity index (χ0n) is 11.2. The Labute approximate surface area is 122 Å². The molecule has 1 aromatic carbocycles. The van der Waals surface area contributed by atoms with E-state index in [0.29, 0.717) is 0 Å². The molecular weight excluding hydrogens is 276 g/mol. The van der Waals surface area contributed by atoms with Crippen LogP contribution in [-0.2, 0) is 11.3 Å². The highest BCUT2D eigenvalue weighted by atomic mass is 32.2. The first-order chi connectivity index (χ1) is 9.29. The number of benzene rings is 1. The smallest absolute Gasteiger partial charge is 0.154 e. The molecule has 102 valence electrons. The standard InChI is InChI=1S/C14H18N2OS2/c1-11-9-12(10-15-5-7-17-2)3-4-13(11)19-14-16-6-8-18-14/h3-4,6,8-9,15H,5,7,10H2,1-2H3. The van der Waals surface area contributed by atoms with E-state index in [1.54, 1.807) is 30.2 Å². The number of nitrogens with one attached hydrogen (secondary N) is 1. The van der Waals surface area contributed by atoms with Gasteiger partial charge in [-0.15, -0.1) is 11.3 Å². The number of thiazole rings is 1. The minimum atomic E-state index is 0.747. The normalized spacial score (nSPS) is 10.8. The van der Waals surface area contributed by atoms with Crippen molar-refractivity contribution in [3.05, 3.63) is 40.9 Å². The van der Waals surface area contributed by atoms with E-state index in [0.717, 1.165) is 24.0 Å². The van der Waals surface area contributed by atoms with Gasteiger partial charge in [0.15, 0.2) is 4.34 Å². The maximum absolute atomic E-state index is 5.01. The molecule has 3 nitrogen and oxygen atoms in total. The summed E-state index contributed by atoms with van der Waals surface area (Å²) in [5.74, 6) is 0. The molecule has 0 spiro atoms. The van der Waals surface area contributed by atoms with E-state index >= 15 is 0 Å². The van der Waals surface area contributed by atoms with Crippen LogP contribution in [-0.4, -0.2) is 25.2 Å². The molecule has 0 aliphatic rings. The van der Waals surface area contributed by atoms with Gasteiger partial charge in [-0.3, -0.25) is 0 Å². The van der Waals surface area contributed by atoms with Crippen molar-refractivity contribution in [1.82, 2.24) is 10.3 Å². The SMILES string of the molecule is COCCNCc1ccc(Sc2nccs2)c(C)c1. The highest BCUT2D eigenvalue weighted by Gasteiger charge is 2.04. The Kier molecular flexibility index (Phi) is 5.85. The van der Waals surface area contributed by atoms with Crippen LogP contribution in [0.15, 0.2) is 39.0 Å². The molecule has 0 atom stereocenters. The van der Waals surface area contributed by atoms with Gasteiger partial charge in [-0.05, 0) is 24.1 Å². The van der Waals surface area contributed by atoms with Crippen LogP contribution in [0.1, 0.15) is 11.1 Å². The van der Waals surface area contributed by atoms with Gasteiger partial charge in [0, 0.05) is 36.7 Å². The number of rotatable bonds is 7. The zero-order valence-corrected chi connectivity index (χ0v) is 12.8. The van der Waals surface area contributed by atoms with Crippen LogP contribution in [0.2, 0.25) is 0 Å². The fraction of sp³-hybridized carbons (Fsp3) is 0.357. The van der Waals surface area contributed by atoms with Gasteiger partial charge in [-0.1, -0.05) is 23.9 Å². The lowest BCUT2D eigenvalue weighted by Gasteiger charge is -2.08. The quantitative estimate of drug-likeness (QED) is 0.794. The third kappa shape index (κ3) is 4.62. The summed E-state index contributed by atoms with van der Waals surface area (Å²) in [5.41, 5.74) is 2.60. The van der Waals surface area contributed by atoms with E-state index in [1.807, 2.05) is 11.6 Å². The number of aromatic nitrogens is 1. The van der Waals surface area contributed by atoms with Crippen LogP contribution >= 0.6 is 23.1 Å². The summed E-state index contributed by atoms with van der Waals surface area (Å²) < 4.78 is 6.10. The molecule has 1 aromatic heterocycles. The van der Waals surface area contributed by atoms with Crippen molar-refractivity contribution in [2.45, 2.75) is 22.7 Å². The van der Waals surface area contributed by atoms with Crippen molar-refractivity contribution in [2.75, 3.05) is 20.3 Å². The Bertz CT molecular complexity index is 500. The van der Waals surface area contributed by atoms with Crippen LogP contribution in [0.5, 0.6) is 0 Å². The van der Waals surface area contributed by atoms with Crippen molar-refractivity contribution in [3.8, 4) is 0 Å². The first-order valence-corrected chi connectivity index (χ1v) is 7.85. The topological polar surface area (TPSA) is 34.1 Å². The van der Waals surface area contributed by atoms with Crippen molar-refractivity contribution in [3.63, 3.8) is 0 Å². The van der Waals surface area contributed by atoms with Gasteiger partial charge >= 0.3 is 0 Å². The third-order valence-electron chi connectivity index (χ3n) is 2.66. The molecule has 19 heavy (non-hydrogen) atoms. The minimum Gasteiger partial charge on any atom is -0.383 e. The fourth-order valence-electron chi connectivity index (χ4n) is 1.70. The molecule has 0 amide bonds. The number of hydrogen-bond acceptors (Lipinski definition) is 5. The van der Waals surface area contributed by atoms with Crippen LogP contribution < -0.4 is 5.32 Å². The van der Waals surface area contributed by atoms with Crippen LogP contribution in [0.4, 0.5) is 0 Å². The van der Waals surface area contributed by atoms with Crippen molar-refractivity contribution >= 4 is 23.1 Å². The van der Waals surface area contributed by atoms with E-state index in [-0.39, 0.29) is 0 Å². The summed E-state index contributed by atoms with van der Waals surface area (Å²) in [6, 6.07) is 6.58. The second-order valence-corrected chi connectivity index (χ2v) is 6.35. The molecule has 0 radical (unpaired) electrons. The Hall–Kier alpha value is -0.880. The van der Waals surface area contributed by atoms with Crippen LogP contribution in [0, 0.1) is 6.92 Å². The molecule has 0 saturated heterocycles. The second kappa shape index (κ2) is 7.65. The lowest BCUT2D eigenvalue weighted by atomic mass is 10.1. The molecule has 0 aliphatic heterocycles. The lowest BCUT2D eigenvalue weighted by molar-refractivity contribution is 0.199. The second-order valence-electron chi connectivity index (χ2n) is 4.17. The molecular formula is C14H18N2OS2. The zero-order chi connectivity index (χ0) is 13.5. The number of hydrogen-bond donors (Lipinski definition) is 1. The Balaban J connectivity index is 1.93. The predicted molar refractivity (Wildman–Crippen MR) is 81.0 cm³/mol. The van der Waals surface area contributed by atoms with Gasteiger partial charge in [0.25, 0.3) is 0 Å². The van der Waals surface area contributed by atoms with Gasteiger partial charge in [0.2, 0.25) is 0 Å². The summed E-state index contributed by atoms with van der Waals surface area (Å²) in [6.07, 6.45) is 1.84. The number of ether oxygens (including phenoxy) is 1. The summed E-state index contributed by atoms with van der Waals surface area (Å²) in [5, 5.41) is 5.36. The molecule has 5 heteroatoms. The molecule has 0 saturated carbocycles. The Morgan fingerprint density at radius 2 is 2.32 bits per heavy atom. The van der Waals surface area contributed by atoms with Crippen LogP contribution in [0.3, 0.4) is 0 Å². The first kappa shape index (κ1) is 14.5. The summed E-state index contributed by atoms with van der Waals surface area (Å²) in [4.78, 5) is 5.57. The number of methoxy groups -OCH3 is 1. The molecule has 1 N–H and O–H groups in total. The highest BCUT2D eigenvalue weighted by molar-refractivity contribution is 8.01. The maximum atomic E-state index is 5.01. The largest absolute Gasteiger partial charge is 0.383 e. The van der Waals surface area contributed by atoms with Gasteiger partial charge in [-0.25, -0.2) is 4.98 Å². The minimum absolute atomic E-state index is 0.747. The maximum Gasteiger partial charge on any atom is 0.154 e. The summed E-state index contributed by atoms with van der Waals surface area (Å²) >= 11 is 3.40. The van der Waals surface area contributed by atoms with Gasteiger partial charge < -0.3 is 10.1 Å². The van der Waals surface area contributed by atoms with E-state index in [1.165, 1.54) is 16.0 Å². The van der Waals surface area contributed by atoms with E-state index in [9.17, 15) is 0 Å². The monoisotopic (exact) mass is 294 g/mol. The number of nitrogens with zero attached hydrogens (tertiary/aromatic N) is 1. The van der Waals surface area contributed by atoms with Crippen molar-refractivity contribution in [1.29, 1.82) is 0 Å². The van der Waals surface area contributed by atoms with E-state index in [2.05, 4.69) is 35.4 Å². The van der Waals surface area contributed by atoms with Crippen LogP contribution in [0.25, 0.3) is 0 Å². The molecule has 1 heterocycles. The highest BCUT2D eigenvalue weighted by Crippen LogP contribution is 2.31. The van der Waals surface area contributed by atoms with Gasteiger partial charge in [-0.2, -0.15) is 0 Å². The van der Waals surface area contributed by atoms with Gasteiger partial charge in [0.05, 0.1) is 6.61 Å². The fourth-order valence-corrected chi connectivity index (χ4v) is 3.34. The predicted octanol–water partition coefficient (Wildman–Crippen LogP) is 3.34. The molecule has 0 unspecified atom stereocenters. The molecule has 0 aliphatic carbocycles. The average molecular weight is 294 g/mol. The summed E-state index contributed by atoms with van der Waals surface area (Å²) in [7, 11) is 1.72. The Morgan fingerprint density at radius 1 is 1.42 bits per heavy atom. The molecule has 2 aromatic rings. The first-order valence-electron chi connectivity index (χ1n) is 6.16. The molecule has 2 rings (SSSR count). The average Bonchev–Trinajstić information content (AvgIpc) is 2.91. The third-order valence-corrected chi connectivity index (χ3v) is 4.72. The van der Waals surface area contributed by atoms with E-state index in [4.69, 9.17) is 4.74 Å². The molecule has 0 fully saturated rings.